The normalized spacial score (nSPS) is 13.9. The summed E-state index contributed by atoms with van der Waals surface area (Å²) in [6.45, 7) is 11.3. The molecule has 0 aliphatic carbocycles. The minimum atomic E-state index is 0.609. The van der Waals surface area contributed by atoms with Crippen LogP contribution in [0.1, 0.15) is 40.5 Å². The zero-order valence-electron chi connectivity index (χ0n) is 10.8. The quantitative estimate of drug-likeness (QED) is 0.469. The lowest BCUT2D eigenvalue weighted by molar-refractivity contribution is 0.161. The van der Waals surface area contributed by atoms with Gasteiger partial charge in [0, 0.05) is 12.6 Å². The molecule has 0 amide bonds. The van der Waals surface area contributed by atoms with Gasteiger partial charge in [0.05, 0.1) is 13.2 Å². The maximum absolute atomic E-state index is 5.40. The summed E-state index contributed by atoms with van der Waals surface area (Å²) in [5.41, 5.74) is 0. The molecule has 1 unspecified atom stereocenters. The summed E-state index contributed by atoms with van der Waals surface area (Å²) in [6, 6.07) is 0.609. The van der Waals surface area contributed by atoms with E-state index in [0.717, 1.165) is 25.7 Å². The Morgan fingerprint density at radius 3 is 2.53 bits per heavy atom. The molecule has 0 fully saturated rings. The van der Waals surface area contributed by atoms with Gasteiger partial charge in [-0.3, -0.25) is 0 Å². The lowest BCUT2D eigenvalue weighted by atomic mass is 10.0. The van der Waals surface area contributed by atoms with E-state index in [4.69, 9.17) is 4.74 Å². The van der Waals surface area contributed by atoms with Crippen molar-refractivity contribution in [2.45, 2.75) is 46.6 Å². The highest BCUT2D eigenvalue weighted by Crippen LogP contribution is 2.05. The van der Waals surface area contributed by atoms with Crippen LogP contribution in [0.2, 0.25) is 0 Å². The van der Waals surface area contributed by atoms with Crippen LogP contribution in [0.25, 0.3) is 0 Å². The number of nitrogens with one attached hydrogen (secondary N) is 1. The highest BCUT2D eigenvalue weighted by Gasteiger charge is 2.01. The molecule has 0 rings (SSSR count). The van der Waals surface area contributed by atoms with Gasteiger partial charge in [0.25, 0.3) is 0 Å². The first-order chi connectivity index (χ1) is 7.16. The fraction of sp³-hybridized carbons (Fsp3) is 0.846. The fourth-order valence-electron chi connectivity index (χ4n) is 1.31. The standard InChI is InChI=1S/C13H27NO/c1-5-6-10-15-11-9-14-13(4)8-7-12(2)3/h5-6,12-14H,7-11H2,1-4H3. The van der Waals surface area contributed by atoms with Crippen molar-refractivity contribution in [2.75, 3.05) is 19.8 Å². The molecule has 1 atom stereocenters. The summed E-state index contributed by atoms with van der Waals surface area (Å²) in [5, 5.41) is 3.47. The molecule has 2 nitrogen and oxygen atoms in total. The SMILES string of the molecule is CC=CCOCCNC(C)CCC(C)C. The number of rotatable bonds is 9. The highest BCUT2D eigenvalue weighted by atomic mass is 16.5. The van der Waals surface area contributed by atoms with E-state index >= 15 is 0 Å². The van der Waals surface area contributed by atoms with Crippen molar-refractivity contribution in [3.63, 3.8) is 0 Å². The zero-order chi connectivity index (χ0) is 11.5. The molecule has 2 heteroatoms. The van der Waals surface area contributed by atoms with E-state index in [9.17, 15) is 0 Å². The van der Waals surface area contributed by atoms with Crippen LogP contribution >= 0.6 is 0 Å². The fourth-order valence-corrected chi connectivity index (χ4v) is 1.31. The van der Waals surface area contributed by atoms with Crippen LogP contribution in [-0.2, 0) is 4.74 Å². The maximum Gasteiger partial charge on any atom is 0.0647 e. The van der Waals surface area contributed by atoms with Gasteiger partial charge in [-0.15, -0.1) is 0 Å². The van der Waals surface area contributed by atoms with Gasteiger partial charge in [0.15, 0.2) is 0 Å². The number of ether oxygens (including phenoxy) is 1. The Hall–Kier alpha value is -0.340. The largest absolute Gasteiger partial charge is 0.376 e. The van der Waals surface area contributed by atoms with Crippen molar-refractivity contribution < 1.29 is 4.74 Å². The van der Waals surface area contributed by atoms with Crippen molar-refractivity contribution in [3.05, 3.63) is 12.2 Å². The first kappa shape index (κ1) is 14.7. The van der Waals surface area contributed by atoms with E-state index in [1.54, 1.807) is 0 Å². The van der Waals surface area contributed by atoms with Crippen LogP contribution in [0.4, 0.5) is 0 Å². The van der Waals surface area contributed by atoms with Crippen LogP contribution in [-0.4, -0.2) is 25.8 Å². The topological polar surface area (TPSA) is 21.3 Å². The monoisotopic (exact) mass is 213 g/mol. The summed E-state index contributed by atoms with van der Waals surface area (Å²) in [6.07, 6.45) is 6.60. The molecular weight excluding hydrogens is 186 g/mol. The van der Waals surface area contributed by atoms with Crippen molar-refractivity contribution in [2.24, 2.45) is 5.92 Å². The molecule has 0 aromatic heterocycles. The van der Waals surface area contributed by atoms with E-state index in [0.29, 0.717) is 6.04 Å². The Balaban J connectivity index is 3.20. The van der Waals surface area contributed by atoms with E-state index < -0.39 is 0 Å². The zero-order valence-corrected chi connectivity index (χ0v) is 10.8. The Kier molecular flexibility index (Phi) is 9.96. The Morgan fingerprint density at radius 2 is 1.93 bits per heavy atom. The predicted molar refractivity (Wildman–Crippen MR) is 67.2 cm³/mol. The Bertz CT molecular complexity index is 155. The van der Waals surface area contributed by atoms with E-state index in [-0.39, 0.29) is 0 Å². The molecule has 0 aromatic rings. The van der Waals surface area contributed by atoms with Crippen LogP contribution in [0, 0.1) is 5.92 Å². The molecule has 0 saturated carbocycles. The van der Waals surface area contributed by atoms with E-state index in [1.807, 2.05) is 19.1 Å². The second-order valence-corrected chi connectivity index (χ2v) is 4.47. The third kappa shape index (κ3) is 11.6. The number of allylic oxidation sites excluding steroid dienone is 1. The molecule has 1 N–H and O–H groups in total. The van der Waals surface area contributed by atoms with Crippen LogP contribution in [0.5, 0.6) is 0 Å². The van der Waals surface area contributed by atoms with Gasteiger partial charge >= 0.3 is 0 Å². The van der Waals surface area contributed by atoms with Crippen molar-refractivity contribution in [3.8, 4) is 0 Å². The Labute approximate surface area is 95.1 Å². The molecule has 0 radical (unpaired) electrons. The van der Waals surface area contributed by atoms with Crippen molar-refractivity contribution in [1.82, 2.24) is 5.32 Å². The van der Waals surface area contributed by atoms with Gasteiger partial charge < -0.3 is 10.1 Å². The number of hydrogen-bond acceptors (Lipinski definition) is 2. The van der Waals surface area contributed by atoms with E-state index in [2.05, 4.69) is 26.1 Å². The first-order valence-electron chi connectivity index (χ1n) is 6.09. The lowest BCUT2D eigenvalue weighted by Gasteiger charge is -2.14. The van der Waals surface area contributed by atoms with Crippen LogP contribution in [0.15, 0.2) is 12.2 Å². The Morgan fingerprint density at radius 1 is 1.20 bits per heavy atom. The molecule has 0 bridgehead atoms. The average molecular weight is 213 g/mol. The van der Waals surface area contributed by atoms with Gasteiger partial charge in [0.2, 0.25) is 0 Å². The van der Waals surface area contributed by atoms with Gasteiger partial charge in [-0.05, 0) is 32.6 Å². The molecular formula is C13H27NO. The minimum absolute atomic E-state index is 0.609. The van der Waals surface area contributed by atoms with Gasteiger partial charge in [-0.2, -0.15) is 0 Å². The average Bonchev–Trinajstić information content (AvgIpc) is 2.20. The summed E-state index contributed by atoms with van der Waals surface area (Å²) < 4.78 is 5.40. The third-order valence-electron chi connectivity index (χ3n) is 2.37. The van der Waals surface area contributed by atoms with Gasteiger partial charge in [0.1, 0.15) is 0 Å². The van der Waals surface area contributed by atoms with Crippen LogP contribution < -0.4 is 5.32 Å². The van der Waals surface area contributed by atoms with Gasteiger partial charge in [-0.25, -0.2) is 0 Å². The molecule has 90 valence electrons. The smallest absolute Gasteiger partial charge is 0.0647 e. The predicted octanol–water partition coefficient (Wildman–Crippen LogP) is 2.99. The summed E-state index contributed by atoms with van der Waals surface area (Å²) in [7, 11) is 0. The minimum Gasteiger partial charge on any atom is -0.376 e. The highest BCUT2D eigenvalue weighted by molar-refractivity contribution is 4.75. The number of hydrogen-bond donors (Lipinski definition) is 1. The first-order valence-corrected chi connectivity index (χ1v) is 6.09. The molecule has 0 saturated heterocycles. The lowest BCUT2D eigenvalue weighted by Crippen LogP contribution is -2.29. The molecule has 0 aliphatic rings. The van der Waals surface area contributed by atoms with Crippen molar-refractivity contribution in [1.29, 1.82) is 0 Å². The van der Waals surface area contributed by atoms with Crippen LogP contribution in [0.3, 0.4) is 0 Å². The molecule has 0 spiro atoms. The maximum atomic E-state index is 5.40. The van der Waals surface area contributed by atoms with Gasteiger partial charge in [-0.1, -0.05) is 26.0 Å². The molecule has 0 aliphatic heterocycles. The third-order valence-corrected chi connectivity index (χ3v) is 2.37. The summed E-state index contributed by atoms with van der Waals surface area (Å²) >= 11 is 0. The molecule has 0 aromatic carbocycles. The van der Waals surface area contributed by atoms with E-state index in [1.165, 1.54) is 12.8 Å². The second kappa shape index (κ2) is 10.2. The van der Waals surface area contributed by atoms with Crippen molar-refractivity contribution >= 4 is 0 Å². The molecule has 15 heavy (non-hydrogen) atoms. The summed E-state index contributed by atoms with van der Waals surface area (Å²) in [5.74, 6) is 0.806. The summed E-state index contributed by atoms with van der Waals surface area (Å²) in [4.78, 5) is 0. The molecule has 0 heterocycles. The second-order valence-electron chi connectivity index (χ2n) is 4.47.